The fraction of sp³-hybridized carbons (Fsp3) is 0.588. The topological polar surface area (TPSA) is 50.8 Å². The number of nitrogens with one attached hydrogen (secondary N) is 1. The van der Waals surface area contributed by atoms with Gasteiger partial charge in [-0.2, -0.15) is 0 Å². The SMILES string of the molecule is COc1ccc(CNC(=O)CN2CCC(C)CC2)cc1OC. The van der Waals surface area contributed by atoms with E-state index in [2.05, 4.69) is 17.1 Å². The molecule has 0 saturated carbocycles. The number of likely N-dealkylation sites (tertiary alicyclic amines) is 1. The Morgan fingerprint density at radius 1 is 1.23 bits per heavy atom. The molecule has 0 unspecified atom stereocenters. The normalized spacial score (nSPS) is 16.3. The quantitative estimate of drug-likeness (QED) is 0.874. The van der Waals surface area contributed by atoms with Crippen LogP contribution in [0.5, 0.6) is 11.5 Å². The zero-order chi connectivity index (χ0) is 15.9. The van der Waals surface area contributed by atoms with Crippen LogP contribution in [0.2, 0.25) is 0 Å². The Balaban J connectivity index is 1.81. The molecule has 1 amide bonds. The maximum Gasteiger partial charge on any atom is 0.234 e. The Bertz CT molecular complexity index is 497. The van der Waals surface area contributed by atoms with Crippen molar-refractivity contribution in [1.82, 2.24) is 10.2 Å². The second-order valence-corrected chi connectivity index (χ2v) is 5.92. The molecule has 2 rings (SSSR count). The summed E-state index contributed by atoms with van der Waals surface area (Å²) in [6.07, 6.45) is 2.37. The highest BCUT2D eigenvalue weighted by molar-refractivity contribution is 5.78. The summed E-state index contributed by atoms with van der Waals surface area (Å²) in [5, 5.41) is 2.97. The van der Waals surface area contributed by atoms with Crippen LogP contribution in [0.25, 0.3) is 0 Å². The van der Waals surface area contributed by atoms with Gasteiger partial charge in [0.2, 0.25) is 5.91 Å². The third-order valence-corrected chi connectivity index (χ3v) is 4.18. The molecule has 0 aliphatic carbocycles. The summed E-state index contributed by atoms with van der Waals surface area (Å²) in [5.41, 5.74) is 0.998. The van der Waals surface area contributed by atoms with Gasteiger partial charge in [0.15, 0.2) is 11.5 Å². The van der Waals surface area contributed by atoms with Crippen molar-refractivity contribution in [2.75, 3.05) is 33.9 Å². The molecular formula is C17H26N2O3. The van der Waals surface area contributed by atoms with Crippen LogP contribution in [0.1, 0.15) is 25.3 Å². The first-order valence-corrected chi connectivity index (χ1v) is 7.82. The summed E-state index contributed by atoms with van der Waals surface area (Å²) in [4.78, 5) is 14.3. The number of carbonyl (C=O) groups excluding carboxylic acids is 1. The number of benzene rings is 1. The lowest BCUT2D eigenvalue weighted by Crippen LogP contribution is -2.41. The molecular weight excluding hydrogens is 280 g/mol. The van der Waals surface area contributed by atoms with Gasteiger partial charge in [-0.1, -0.05) is 13.0 Å². The van der Waals surface area contributed by atoms with Crippen LogP contribution in [0, 0.1) is 5.92 Å². The van der Waals surface area contributed by atoms with Crippen molar-refractivity contribution in [2.45, 2.75) is 26.3 Å². The zero-order valence-corrected chi connectivity index (χ0v) is 13.7. The van der Waals surface area contributed by atoms with Crippen LogP contribution in [0.15, 0.2) is 18.2 Å². The molecule has 5 nitrogen and oxygen atoms in total. The van der Waals surface area contributed by atoms with Crippen molar-refractivity contribution in [3.8, 4) is 11.5 Å². The summed E-state index contributed by atoms with van der Waals surface area (Å²) in [5.74, 6) is 2.23. The number of methoxy groups -OCH3 is 2. The van der Waals surface area contributed by atoms with Crippen LogP contribution in [-0.4, -0.2) is 44.7 Å². The van der Waals surface area contributed by atoms with E-state index < -0.39 is 0 Å². The van der Waals surface area contributed by atoms with E-state index in [1.807, 2.05) is 18.2 Å². The standard InChI is InChI=1S/C17H26N2O3/c1-13-6-8-19(9-7-13)12-17(20)18-11-14-4-5-15(21-2)16(10-14)22-3/h4-5,10,13H,6-9,11-12H2,1-3H3,(H,18,20). The number of carbonyl (C=O) groups is 1. The Morgan fingerprint density at radius 2 is 1.91 bits per heavy atom. The molecule has 5 heteroatoms. The summed E-state index contributed by atoms with van der Waals surface area (Å²) >= 11 is 0. The number of piperidine rings is 1. The van der Waals surface area contributed by atoms with E-state index in [0.717, 1.165) is 24.6 Å². The van der Waals surface area contributed by atoms with Crippen molar-refractivity contribution >= 4 is 5.91 Å². The highest BCUT2D eigenvalue weighted by atomic mass is 16.5. The zero-order valence-electron chi connectivity index (χ0n) is 13.7. The fourth-order valence-electron chi connectivity index (χ4n) is 2.67. The van der Waals surface area contributed by atoms with Gasteiger partial charge < -0.3 is 14.8 Å². The molecule has 0 spiro atoms. The predicted octanol–water partition coefficient (Wildman–Crippen LogP) is 2.05. The van der Waals surface area contributed by atoms with Gasteiger partial charge in [0.1, 0.15) is 0 Å². The van der Waals surface area contributed by atoms with E-state index in [4.69, 9.17) is 9.47 Å². The summed E-state index contributed by atoms with van der Waals surface area (Å²) in [6, 6.07) is 5.68. The van der Waals surface area contributed by atoms with E-state index in [0.29, 0.717) is 24.6 Å². The molecule has 0 bridgehead atoms. The van der Waals surface area contributed by atoms with E-state index in [-0.39, 0.29) is 5.91 Å². The number of hydrogen-bond donors (Lipinski definition) is 1. The molecule has 1 fully saturated rings. The minimum atomic E-state index is 0.0735. The lowest BCUT2D eigenvalue weighted by atomic mass is 9.99. The van der Waals surface area contributed by atoms with Crippen molar-refractivity contribution < 1.29 is 14.3 Å². The van der Waals surface area contributed by atoms with Crippen LogP contribution in [0.3, 0.4) is 0 Å². The van der Waals surface area contributed by atoms with Crippen LogP contribution < -0.4 is 14.8 Å². The minimum absolute atomic E-state index is 0.0735. The maximum absolute atomic E-state index is 12.0. The fourth-order valence-corrected chi connectivity index (χ4v) is 2.67. The average molecular weight is 306 g/mol. The van der Waals surface area contributed by atoms with Gasteiger partial charge in [-0.25, -0.2) is 0 Å². The molecule has 0 atom stereocenters. The molecule has 0 radical (unpaired) electrons. The second kappa shape index (κ2) is 8.03. The minimum Gasteiger partial charge on any atom is -0.493 e. The lowest BCUT2D eigenvalue weighted by Gasteiger charge is -2.29. The van der Waals surface area contributed by atoms with Crippen molar-refractivity contribution in [2.24, 2.45) is 5.92 Å². The molecule has 0 aromatic heterocycles. The van der Waals surface area contributed by atoms with Crippen LogP contribution in [-0.2, 0) is 11.3 Å². The summed E-state index contributed by atoms with van der Waals surface area (Å²) < 4.78 is 10.5. The molecule has 1 aliphatic rings. The smallest absolute Gasteiger partial charge is 0.234 e. The maximum atomic E-state index is 12.0. The van der Waals surface area contributed by atoms with E-state index in [1.54, 1.807) is 14.2 Å². The Labute approximate surface area is 132 Å². The summed E-state index contributed by atoms with van der Waals surface area (Å²) in [6.45, 7) is 5.30. The number of amides is 1. The van der Waals surface area contributed by atoms with Gasteiger partial charge in [-0.15, -0.1) is 0 Å². The van der Waals surface area contributed by atoms with Gasteiger partial charge in [-0.3, -0.25) is 9.69 Å². The highest BCUT2D eigenvalue weighted by Crippen LogP contribution is 2.27. The number of ether oxygens (including phenoxy) is 2. The second-order valence-electron chi connectivity index (χ2n) is 5.92. The monoisotopic (exact) mass is 306 g/mol. The van der Waals surface area contributed by atoms with Gasteiger partial charge in [0.05, 0.1) is 20.8 Å². The molecule has 1 heterocycles. The first kappa shape index (κ1) is 16.6. The molecule has 1 saturated heterocycles. The average Bonchev–Trinajstić information content (AvgIpc) is 2.54. The van der Waals surface area contributed by atoms with Crippen LogP contribution in [0.4, 0.5) is 0 Å². The van der Waals surface area contributed by atoms with Gasteiger partial charge in [-0.05, 0) is 49.5 Å². The van der Waals surface area contributed by atoms with Gasteiger partial charge >= 0.3 is 0 Å². The molecule has 1 aromatic rings. The number of rotatable bonds is 6. The van der Waals surface area contributed by atoms with Gasteiger partial charge in [0.25, 0.3) is 0 Å². The molecule has 22 heavy (non-hydrogen) atoms. The first-order valence-electron chi connectivity index (χ1n) is 7.82. The van der Waals surface area contributed by atoms with Crippen molar-refractivity contribution in [3.05, 3.63) is 23.8 Å². The Hall–Kier alpha value is -1.75. The van der Waals surface area contributed by atoms with E-state index in [1.165, 1.54) is 12.8 Å². The third kappa shape index (κ3) is 4.63. The van der Waals surface area contributed by atoms with Gasteiger partial charge in [0, 0.05) is 6.54 Å². The summed E-state index contributed by atoms with van der Waals surface area (Å²) in [7, 11) is 3.22. The lowest BCUT2D eigenvalue weighted by molar-refractivity contribution is -0.122. The molecule has 1 aromatic carbocycles. The number of hydrogen-bond acceptors (Lipinski definition) is 4. The predicted molar refractivity (Wildman–Crippen MR) is 86.2 cm³/mol. The molecule has 1 aliphatic heterocycles. The highest BCUT2D eigenvalue weighted by Gasteiger charge is 2.17. The Kier molecular flexibility index (Phi) is 6.07. The number of nitrogens with zero attached hydrogens (tertiary/aromatic N) is 1. The van der Waals surface area contributed by atoms with Crippen molar-refractivity contribution in [1.29, 1.82) is 0 Å². The first-order chi connectivity index (χ1) is 10.6. The Morgan fingerprint density at radius 3 is 2.55 bits per heavy atom. The van der Waals surface area contributed by atoms with E-state index in [9.17, 15) is 4.79 Å². The molecule has 1 N–H and O–H groups in total. The van der Waals surface area contributed by atoms with Crippen molar-refractivity contribution in [3.63, 3.8) is 0 Å². The van der Waals surface area contributed by atoms with Crippen LogP contribution >= 0.6 is 0 Å². The van der Waals surface area contributed by atoms with E-state index >= 15 is 0 Å². The third-order valence-electron chi connectivity index (χ3n) is 4.18. The molecule has 122 valence electrons. The largest absolute Gasteiger partial charge is 0.493 e.